The standard InChI is InChI=1S/C20H30N6O2/c1-14-24-25-19(26(14)2)13-22-20(23-16-7-5-6-8-16)21-12-15-9-10-17(27-3)18(11-15)28-4/h9-11,16H,5-8,12-13H2,1-4H3,(H2,21,22,23). The normalized spacial score (nSPS) is 14.9. The zero-order valence-corrected chi connectivity index (χ0v) is 17.2. The topological polar surface area (TPSA) is 85.6 Å². The Labute approximate surface area is 166 Å². The van der Waals surface area contributed by atoms with Crippen LogP contribution in [0, 0.1) is 6.92 Å². The second-order valence-corrected chi connectivity index (χ2v) is 7.06. The molecule has 1 aromatic heterocycles. The third-order valence-corrected chi connectivity index (χ3v) is 5.16. The average molecular weight is 387 g/mol. The van der Waals surface area contributed by atoms with Crippen LogP contribution in [0.25, 0.3) is 0 Å². The van der Waals surface area contributed by atoms with Crippen LogP contribution in [0.3, 0.4) is 0 Å². The van der Waals surface area contributed by atoms with Crippen LogP contribution in [-0.4, -0.2) is 41.0 Å². The van der Waals surface area contributed by atoms with Gasteiger partial charge in [0.1, 0.15) is 5.82 Å². The van der Waals surface area contributed by atoms with E-state index >= 15 is 0 Å². The van der Waals surface area contributed by atoms with Crippen molar-refractivity contribution in [2.24, 2.45) is 12.0 Å². The summed E-state index contributed by atoms with van der Waals surface area (Å²) in [6.45, 7) is 3.06. The third-order valence-electron chi connectivity index (χ3n) is 5.16. The Bertz CT molecular complexity index is 811. The number of hydrogen-bond acceptors (Lipinski definition) is 5. The Hall–Kier alpha value is -2.77. The summed E-state index contributed by atoms with van der Waals surface area (Å²) >= 11 is 0. The number of nitrogens with one attached hydrogen (secondary N) is 2. The molecular formula is C20H30N6O2. The van der Waals surface area contributed by atoms with E-state index in [9.17, 15) is 0 Å². The lowest BCUT2D eigenvalue weighted by Crippen LogP contribution is -2.42. The number of ether oxygens (including phenoxy) is 2. The van der Waals surface area contributed by atoms with E-state index in [4.69, 9.17) is 14.5 Å². The van der Waals surface area contributed by atoms with Crippen LogP contribution in [0.1, 0.15) is 42.9 Å². The van der Waals surface area contributed by atoms with Crippen molar-refractivity contribution < 1.29 is 9.47 Å². The molecule has 0 amide bonds. The summed E-state index contributed by atoms with van der Waals surface area (Å²) in [5.41, 5.74) is 1.06. The van der Waals surface area contributed by atoms with E-state index in [1.165, 1.54) is 25.7 Å². The van der Waals surface area contributed by atoms with Gasteiger partial charge in [0.15, 0.2) is 23.3 Å². The summed E-state index contributed by atoms with van der Waals surface area (Å²) in [7, 11) is 5.25. The van der Waals surface area contributed by atoms with Gasteiger partial charge in [-0.2, -0.15) is 0 Å². The first-order valence-electron chi connectivity index (χ1n) is 9.71. The Morgan fingerprint density at radius 3 is 2.57 bits per heavy atom. The molecule has 0 saturated heterocycles. The molecule has 0 spiro atoms. The minimum absolute atomic E-state index is 0.470. The van der Waals surface area contributed by atoms with Crippen molar-refractivity contribution in [1.29, 1.82) is 0 Å². The molecule has 0 radical (unpaired) electrons. The Morgan fingerprint density at radius 2 is 1.93 bits per heavy atom. The highest BCUT2D eigenvalue weighted by molar-refractivity contribution is 5.80. The maximum absolute atomic E-state index is 5.39. The number of benzene rings is 1. The fourth-order valence-electron chi connectivity index (χ4n) is 3.33. The van der Waals surface area contributed by atoms with Gasteiger partial charge < -0.3 is 24.7 Å². The number of nitrogens with zero attached hydrogens (tertiary/aromatic N) is 4. The molecule has 1 aliphatic rings. The first-order chi connectivity index (χ1) is 13.6. The quantitative estimate of drug-likeness (QED) is 0.561. The van der Waals surface area contributed by atoms with Crippen molar-refractivity contribution in [1.82, 2.24) is 25.4 Å². The first kappa shape index (κ1) is 20.0. The lowest BCUT2D eigenvalue weighted by atomic mass is 10.2. The van der Waals surface area contributed by atoms with Crippen LogP contribution in [0.15, 0.2) is 23.2 Å². The van der Waals surface area contributed by atoms with Gasteiger partial charge in [0, 0.05) is 13.1 Å². The molecule has 1 aliphatic carbocycles. The summed E-state index contributed by atoms with van der Waals surface area (Å²) < 4.78 is 12.7. The molecule has 0 aliphatic heterocycles. The number of aromatic nitrogens is 3. The maximum Gasteiger partial charge on any atom is 0.192 e. The zero-order chi connectivity index (χ0) is 19.9. The second-order valence-electron chi connectivity index (χ2n) is 7.06. The highest BCUT2D eigenvalue weighted by Gasteiger charge is 2.16. The molecular weight excluding hydrogens is 356 g/mol. The van der Waals surface area contributed by atoms with Gasteiger partial charge in [-0.05, 0) is 37.5 Å². The fraction of sp³-hybridized carbons (Fsp3) is 0.550. The van der Waals surface area contributed by atoms with Gasteiger partial charge in [-0.3, -0.25) is 0 Å². The zero-order valence-electron chi connectivity index (χ0n) is 17.2. The predicted molar refractivity (Wildman–Crippen MR) is 109 cm³/mol. The molecule has 8 heteroatoms. The van der Waals surface area contributed by atoms with E-state index in [1.54, 1.807) is 14.2 Å². The van der Waals surface area contributed by atoms with Gasteiger partial charge in [-0.25, -0.2) is 4.99 Å². The van der Waals surface area contributed by atoms with Crippen LogP contribution in [-0.2, 0) is 20.1 Å². The van der Waals surface area contributed by atoms with Gasteiger partial charge in [-0.1, -0.05) is 18.9 Å². The monoisotopic (exact) mass is 386 g/mol. The molecule has 28 heavy (non-hydrogen) atoms. The van der Waals surface area contributed by atoms with Crippen molar-refractivity contribution in [2.45, 2.75) is 51.7 Å². The van der Waals surface area contributed by atoms with Crippen molar-refractivity contribution in [2.75, 3.05) is 14.2 Å². The van der Waals surface area contributed by atoms with Crippen LogP contribution < -0.4 is 20.1 Å². The van der Waals surface area contributed by atoms with Gasteiger partial charge in [0.25, 0.3) is 0 Å². The van der Waals surface area contributed by atoms with E-state index in [0.717, 1.165) is 28.9 Å². The number of aryl methyl sites for hydroxylation is 1. The van der Waals surface area contributed by atoms with Crippen LogP contribution in [0.2, 0.25) is 0 Å². The number of guanidine groups is 1. The fourth-order valence-corrected chi connectivity index (χ4v) is 3.33. The molecule has 1 heterocycles. The summed E-state index contributed by atoms with van der Waals surface area (Å²) in [5, 5.41) is 15.3. The molecule has 0 unspecified atom stereocenters. The number of hydrogen-bond donors (Lipinski definition) is 2. The molecule has 1 aromatic carbocycles. The Balaban J connectivity index is 1.70. The number of aliphatic imine (C=N–C) groups is 1. The first-order valence-corrected chi connectivity index (χ1v) is 9.71. The minimum Gasteiger partial charge on any atom is -0.493 e. The molecule has 8 nitrogen and oxygen atoms in total. The molecule has 3 rings (SSSR count). The highest BCUT2D eigenvalue weighted by atomic mass is 16.5. The van der Waals surface area contributed by atoms with Crippen LogP contribution in [0.4, 0.5) is 0 Å². The van der Waals surface area contributed by atoms with Gasteiger partial charge in [0.05, 0.1) is 27.3 Å². The second kappa shape index (κ2) is 9.43. The molecule has 152 valence electrons. The Kier molecular flexibility index (Phi) is 6.73. The number of methoxy groups -OCH3 is 2. The number of rotatable bonds is 7. The lowest BCUT2D eigenvalue weighted by molar-refractivity contribution is 0.354. The lowest BCUT2D eigenvalue weighted by Gasteiger charge is -2.17. The van der Waals surface area contributed by atoms with Crippen molar-refractivity contribution in [3.63, 3.8) is 0 Å². The summed E-state index contributed by atoms with van der Waals surface area (Å²) in [5.74, 6) is 3.99. The SMILES string of the molecule is COc1ccc(CN=C(NCc2nnc(C)n2C)NC2CCCC2)cc1OC. The minimum atomic E-state index is 0.470. The molecule has 1 saturated carbocycles. The summed E-state index contributed by atoms with van der Waals surface area (Å²) in [6.07, 6.45) is 4.90. The van der Waals surface area contributed by atoms with Gasteiger partial charge >= 0.3 is 0 Å². The average Bonchev–Trinajstić information content (AvgIpc) is 3.34. The van der Waals surface area contributed by atoms with E-state index in [0.29, 0.717) is 24.9 Å². The van der Waals surface area contributed by atoms with Gasteiger partial charge in [-0.15, -0.1) is 10.2 Å². The molecule has 0 atom stereocenters. The van der Waals surface area contributed by atoms with Gasteiger partial charge in [0.2, 0.25) is 0 Å². The summed E-state index contributed by atoms with van der Waals surface area (Å²) in [6, 6.07) is 6.34. The molecule has 2 aromatic rings. The smallest absolute Gasteiger partial charge is 0.192 e. The predicted octanol–water partition coefficient (Wildman–Crippen LogP) is 2.32. The largest absolute Gasteiger partial charge is 0.493 e. The van der Waals surface area contributed by atoms with E-state index < -0.39 is 0 Å². The van der Waals surface area contributed by atoms with Crippen LogP contribution in [0.5, 0.6) is 11.5 Å². The highest BCUT2D eigenvalue weighted by Crippen LogP contribution is 2.27. The van der Waals surface area contributed by atoms with Crippen LogP contribution >= 0.6 is 0 Å². The van der Waals surface area contributed by atoms with E-state index in [2.05, 4.69) is 20.8 Å². The van der Waals surface area contributed by atoms with E-state index in [-0.39, 0.29) is 0 Å². The summed E-state index contributed by atoms with van der Waals surface area (Å²) in [4.78, 5) is 4.78. The third kappa shape index (κ3) is 4.94. The molecule has 0 bridgehead atoms. The van der Waals surface area contributed by atoms with Crippen molar-refractivity contribution in [3.8, 4) is 11.5 Å². The molecule has 1 fully saturated rings. The Morgan fingerprint density at radius 1 is 1.18 bits per heavy atom. The van der Waals surface area contributed by atoms with Crippen molar-refractivity contribution >= 4 is 5.96 Å². The maximum atomic E-state index is 5.39. The molecule has 2 N–H and O–H groups in total. The van der Waals surface area contributed by atoms with E-state index in [1.807, 2.05) is 36.7 Å². The van der Waals surface area contributed by atoms with Crippen molar-refractivity contribution in [3.05, 3.63) is 35.4 Å².